The summed E-state index contributed by atoms with van der Waals surface area (Å²) in [5.74, 6) is -0.0966. The van der Waals surface area contributed by atoms with Crippen LogP contribution in [0.1, 0.15) is 29.7 Å². The molecule has 140 valence electrons. The maximum absolute atomic E-state index is 11.9. The largest absolute Gasteiger partial charge is 0.356 e. The van der Waals surface area contributed by atoms with Crippen molar-refractivity contribution < 1.29 is 4.79 Å². The first-order chi connectivity index (χ1) is 12.5. The maximum atomic E-state index is 11.9. The predicted octanol–water partition coefficient (Wildman–Crippen LogP) is 0.943. The Hall–Kier alpha value is -2.67. The summed E-state index contributed by atoms with van der Waals surface area (Å²) in [6.45, 7) is 4.02. The Morgan fingerprint density at radius 1 is 1.15 bits per heavy atom. The molecule has 0 aliphatic carbocycles. The van der Waals surface area contributed by atoms with Crippen molar-refractivity contribution in [3.63, 3.8) is 0 Å². The van der Waals surface area contributed by atoms with E-state index in [1.807, 2.05) is 18.2 Å². The first-order valence-electron chi connectivity index (χ1n) is 8.77. The number of carbonyl (C=O) groups is 1. The molecule has 1 aromatic carbocycles. The van der Waals surface area contributed by atoms with Crippen molar-refractivity contribution in [2.75, 3.05) is 20.1 Å². The van der Waals surface area contributed by atoms with Crippen LogP contribution in [0, 0.1) is 6.92 Å². The molecule has 0 fully saturated rings. The molecule has 1 heterocycles. The number of nitrogens with one attached hydrogen (secondary N) is 3. The average Bonchev–Trinajstić information content (AvgIpc) is 2.58. The SMILES string of the molecule is Cc1[nH]c(=O)[nH]c(=O)c1CCC(=O)NCCCN(C)Cc1ccccc1. The van der Waals surface area contributed by atoms with Crippen LogP contribution in [0.15, 0.2) is 39.9 Å². The van der Waals surface area contributed by atoms with E-state index in [1.54, 1.807) is 6.92 Å². The fourth-order valence-electron chi connectivity index (χ4n) is 2.80. The molecular weight excluding hydrogens is 332 g/mol. The van der Waals surface area contributed by atoms with Crippen LogP contribution in [0.3, 0.4) is 0 Å². The number of hydrogen-bond acceptors (Lipinski definition) is 4. The third-order valence-electron chi connectivity index (χ3n) is 4.19. The normalized spacial score (nSPS) is 10.9. The van der Waals surface area contributed by atoms with Gasteiger partial charge in [-0.05, 0) is 38.9 Å². The zero-order chi connectivity index (χ0) is 18.9. The number of aromatic nitrogens is 2. The summed E-state index contributed by atoms with van der Waals surface area (Å²) in [5, 5.41) is 2.87. The highest BCUT2D eigenvalue weighted by Crippen LogP contribution is 2.03. The van der Waals surface area contributed by atoms with Gasteiger partial charge in [0.1, 0.15) is 0 Å². The molecule has 3 N–H and O–H groups in total. The minimum absolute atomic E-state index is 0.0966. The van der Waals surface area contributed by atoms with Gasteiger partial charge >= 0.3 is 5.69 Å². The maximum Gasteiger partial charge on any atom is 0.325 e. The number of rotatable bonds is 9. The average molecular weight is 358 g/mol. The van der Waals surface area contributed by atoms with Crippen molar-refractivity contribution in [2.45, 2.75) is 32.7 Å². The number of aromatic amines is 2. The zero-order valence-electron chi connectivity index (χ0n) is 15.3. The molecule has 0 aliphatic rings. The van der Waals surface area contributed by atoms with Gasteiger partial charge in [-0.15, -0.1) is 0 Å². The molecule has 7 nitrogen and oxygen atoms in total. The fraction of sp³-hybridized carbons (Fsp3) is 0.421. The van der Waals surface area contributed by atoms with E-state index < -0.39 is 11.2 Å². The van der Waals surface area contributed by atoms with Crippen molar-refractivity contribution in [1.29, 1.82) is 0 Å². The highest BCUT2D eigenvalue weighted by atomic mass is 16.2. The van der Waals surface area contributed by atoms with Crippen LogP contribution in [0.5, 0.6) is 0 Å². The van der Waals surface area contributed by atoms with Crippen molar-refractivity contribution in [2.24, 2.45) is 0 Å². The molecule has 0 aliphatic heterocycles. The van der Waals surface area contributed by atoms with Crippen LogP contribution in [0.2, 0.25) is 0 Å². The molecule has 2 aromatic rings. The Labute approximate surface area is 152 Å². The van der Waals surface area contributed by atoms with Crippen molar-refractivity contribution in [1.82, 2.24) is 20.2 Å². The third kappa shape index (κ3) is 6.33. The lowest BCUT2D eigenvalue weighted by atomic mass is 10.1. The van der Waals surface area contributed by atoms with Gasteiger partial charge < -0.3 is 15.2 Å². The van der Waals surface area contributed by atoms with Gasteiger partial charge in [-0.2, -0.15) is 0 Å². The van der Waals surface area contributed by atoms with Gasteiger partial charge in [0, 0.05) is 30.8 Å². The lowest BCUT2D eigenvalue weighted by Crippen LogP contribution is -2.30. The second kappa shape index (κ2) is 9.72. The lowest BCUT2D eigenvalue weighted by molar-refractivity contribution is -0.121. The van der Waals surface area contributed by atoms with Crippen LogP contribution in [-0.2, 0) is 17.8 Å². The van der Waals surface area contributed by atoms with E-state index in [4.69, 9.17) is 0 Å². The molecular formula is C19H26N4O3. The number of amides is 1. The van der Waals surface area contributed by atoms with Crippen molar-refractivity contribution >= 4 is 5.91 Å². The second-order valence-corrected chi connectivity index (χ2v) is 6.44. The lowest BCUT2D eigenvalue weighted by Gasteiger charge is -2.16. The smallest absolute Gasteiger partial charge is 0.325 e. The summed E-state index contributed by atoms with van der Waals surface area (Å²) >= 11 is 0. The number of H-pyrrole nitrogens is 2. The number of nitrogens with zero attached hydrogens (tertiary/aromatic N) is 1. The predicted molar refractivity (Wildman–Crippen MR) is 101 cm³/mol. The van der Waals surface area contributed by atoms with Crippen LogP contribution in [0.25, 0.3) is 0 Å². The Morgan fingerprint density at radius 2 is 1.88 bits per heavy atom. The fourth-order valence-corrected chi connectivity index (χ4v) is 2.80. The Morgan fingerprint density at radius 3 is 2.58 bits per heavy atom. The zero-order valence-corrected chi connectivity index (χ0v) is 15.3. The summed E-state index contributed by atoms with van der Waals surface area (Å²) in [7, 11) is 2.06. The van der Waals surface area contributed by atoms with Gasteiger partial charge in [0.25, 0.3) is 5.56 Å². The number of aryl methyl sites for hydroxylation is 1. The van der Waals surface area contributed by atoms with E-state index in [9.17, 15) is 14.4 Å². The molecule has 0 unspecified atom stereocenters. The van der Waals surface area contributed by atoms with E-state index in [2.05, 4.69) is 39.4 Å². The Kier molecular flexibility index (Phi) is 7.35. The van der Waals surface area contributed by atoms with Crippen LogP contribution < -0.4 is 16.6 Å². The molecule has 1 amide bonds. The molecule has 0 atom stereocenters. The van der Waals surface area contributed by atoms with E-state index in [0.29, 0.717) is 24.2 Å². The Balaban J connectivity index is 1.66. The number of carbonyl (C=O) groups excluding carboxylic acids is 1. The summed E-state index contributed by atoms with van der Waals surface area (Å²) in [6, 6.07) is 10.2. The van der Waals surface area contributed by atoms with Gasteiger partial charge in [0.05, 0.1) is 0 Å². The minimum Gasteiger partial charge on any atom is -0.356 e. The van der Waals surface area contributed by atoms with Gasteiger partial charge in [-0.25, -0.2) is 4.79 Å². The highest BCUT2D eigenvalue weighted by molar-refractivity contribution is 5.76. The molecule has 0 radical (unpaired) electrons. The summed E-state index contributed by atoms with van der Waals surface area (Å²) in [4.78, 5) is 41.8. The van der Waals surface area contributed by atoms with Gasteiger partial charge in [-0.1, -0.05) is 30.3 Å². The quantitative estimate of drug-likeness (QED) is 0.581. The first-order valence-corrected chi connectivity index (χ1v) is 8.77. The van der Waals surface area contributed by atoms with E-state index in [-0.39, 0.29) is 12.3 Å². The number of hydrogen-bond donors (Lipinski definition) is 3. The van der Waals surface area contributed by atoms with E-state index in [0.717, 1.165) is 19.5 Å². The van der Waals surface area contributed by atoms with Gasteiger partial charge in [0.2, 0.25) is 5.91 Å². The standard InChI is InChI=1S/C19H26N4O3/c1-14-16(18(25)22-19(26)21-14)9-10-17(24)20-11-6-12-23(2)13-15-7-4-3-5-8-15/h3-5,7-8H,6,9-13H2,1-2H3,(H,20,24)(H2,21,22,25,26). The van der Waals surface area contributed by atoms with E-state index in [1.165, 1.54) is 5.56 Å². The highest BCUT2D eigenvalue weighted by Gasteiger charge is 2.09. The van der Waals surface area contributed by atoms with Crippen molar-refractivity contribution in [3.8, 4) is 0 Å². The summed E-state index contributed by atoms with van der Waals surface area (Å²) < 4.78 is 0. The third-order valence-corrected chi connectivity index (χ3v) is 4.19. The molecule has 26 heavy (non-hydrogen) atoms. The molecule has 0 saturated heterocycles. The van der Waals surface area contributed by atoms with Crippen LogP contribution >= 0.6 is 0 Å². The van der Waals surface area contributed by atoms with Gasteiger partial charge in [-0.3, -0.25) is 14.6 Å². The molecule has 2 rings (SSSR count). The first kappa shape index (κ1) is 19.7. The summed E-state index contributed by atoms with van der Waals surface area (Å²) in [6.07, 6.45) is 1.38. The molecule has 0 spiro atoms. The van der Waals surface area contributed by atoms with Gasteiger partial charge in [0.15, 0.2) is 0 Å². The van der Waals surface area contributed by atoms with Crippen LogP contribution in [-0.4, -0.2) is 40.9 Å². The molecule has 7 heteroatoms. The molecule has 0 saturated carbocycles. The van der Waals surface area contributed by atoms with E-state index >= 15 is 0 Å². The second-order valence-electron chi connectivity index (χ2n) is 6.44. The van der Waals surface area contributed by atoms with Crippen molar-refractivity contribution in [3.05, 3.63) is 68.0 Å². The molecule has 1 aromatic heterocycles. The minimum atomic E-state index is -0.527. The summed E-state index contributed by atoms with van der Waals surface area (Å²) in [5.41, 5.74) is 1.26. The topological polar surface area (TPSA) is 98.1 Å². The van der Waals surface area contributed by atoms with Crippen LogP contribution in [0.4, 0.5) is 0 Å². The molecule has 0 bridgehead atoms. The Bertz CT molecular complexity index is 827. The monoisotopic (exact) mass is 358 g/mol. The number of benzene rings is 1.